The van der Waals surface area contributed by atoms with Gasteiger partial charge in [-0.15, -0.1) is 0 Å². The maximum Gasteiger partial charge on any atom is 0.162 e. The van der Waals surface area contributed by atoms with Crippen molar-refractivity contribution in [3.63, 3.8) is 0 Å². The van der Waals surface area contributed by atoms with Crippen LogP contribution in [0.4, 0.5) is 11.5 Å². The highest BCUT2D eigenvalue weighted by molar-refractivity contribution is 5.97. The average Bonchev–Trinajstić information content (AvgIpc) is 3.33. The van der Waals surface area contributed by atoms with Gasteiger partial charge in [0.15, 0.2) is 5.82 Å². The number of benzene rings is 4. The number of para-hydroxylation sites is 2. The molecular formula is C35H22N4. The molecule has 4 nitrogen and oxygen atoms in total. The lowest BCUT2D eigenvalue weighted by atomic mass is 9.96. The third-order valence-corrected chi connectivity index (χ3v) is 7.49. The van der Waals surface area contributed by atoms with Gasteiger partial charge >= 0.3 is 0 Å². The lowest BCUT2D eigenvalue weighted by molar-refractivity contribution is 0.470. The van der Waals surface area contributed by atoms with Crippen LogP contribution in [0, 0.1) is 11.8 Å². The molecular weight excluding hydrogens is 476 g/mol. The van der Waals surface area contributed by atoms with Gasteiger partial charge in [-0.25, -0.2) is 9.97 Å². The van der Waals surface area contributed by atoms with Crippen molar-refractivity contribution in [1.29, 1.82) is 0 Å². The minimum absolute atomic E-state index is 0.0375. The summed E-state index contributed by atoms with van der Waals surface area (Å²) in [5, 5.41) is 4.63. The molecule has 0 saturated heterocycles. The number of nitrogens with one attached hydrogen (secondary N) is 1. The summed E-state index contributed by atoms with van der Waals surface area (Å²) in [4.78, 5) is 12.2. The summed E-state index contributed by atoms with van der Waals surface area (Å²) >= 11 is 0. The zero-order valence-electron chi connectivity index (χ0n) is 21.0. The van der Waals surface area contributed by atoms with E-state index in [4.69, 9.17) is 9.97 Å². The van der Waals surface area contributed by atoms with Gasteiger partial charge in [0.2, 0.25) is 0 Å². The number of allylic oxidation sites excluding steroid dienone is 4. The van der Waals surface area contributed by atoms with Gasteiger partial charge in [-0.05, 0) is 35.9 Å². The molecule has 1 atom stereocenters. The van der Waals surface area contributed by atoms with E-state index in [1.54, 1.807) is 0 Å². The molecule has 182 valence electrons. The Labute approximate surface area is 226 Å². The van der Waals surface area contributed by atoms with Crippen molar-refractivity contribution < 1.29 is 0 Å². The standard InChI is InChI=1S/C35H22N4/c1-2-11-23(12-3-1)34-36-30-18-9-7-16-28(30)35(38-34)37-29-17-8-6-13-24(29)27-21-22-33-26-15-5-4-14-25(26)31-19-10-20-32(27)39(31)33/h1-20,33H,(H,36,37,38). The molecule has 0 radical (unpaired) electrons. The van der Waals surface area contributed by atoms with Crippen LogP contribution in [0.3, 0.4) is 0 Å². The smallest absolute Gasteiger partial charge is 0.162 e. The minimum Gasteiger partial charge on any atom is -0.339 e. The van der Waals surface area contributed by atoms with Gasteiger partial charge in [-0.3, -0.25) is 0 Å². The zero-order valence-corrected chi connectivity index (χ0v) is 21.0. The summed E-state index contributed by atoms with van der Waals surface area (Å²) in [6, 6.07) is 35.2. The second kappa shape index (κ2) is 8.58. The Morgan fingerprint density at radius 3 is 2.44 bits per heavy atom. The summed E-state index contributed by atoms with van der Waals surface area (Å²) in [6.07, 6.45) is 6.50. The van der Waals surface area contributed by atoms with Crippen molar-refractivity contribution in [2.45, 2.75) is 6.04 Å². The molecule has 0 spiro atoms. The van der Waals surface area contributed by atoms with E-state index in [-0.39, 0.29) is 6.04 Å². The maximum atomic E-state index is 4.99. The van der Waals surface area contributed by atoms with Crippen molar-refractivity contribution in [1.82, 2.24) is 14.9 Å². The molecule has 8 rings (SSSR count). The number of nitrogens with zero attached hydrogens (tertiary/aromatic N) is 3. The predicted molar refractivity (Wildman–Crippen MR) is 158 cm³/mol. The van der Waals surface area contributed by atoms with Crippen molar-refractivity contribution in [3.05, 3.63) is 144 Å². The number of hydrogen-bond acceptors (Lipinski definition) is 4. The van der Waals surface area contributed by atoms with Crippen molar-refractivity contribution in [2.24, 2.45) is 0 Å². The van der Waals surface area contributed by atoms with Gasteiger partial charge in [0.1, 0.15) is 11.9 Å². The van der Waals surface area contributed by atoms with Crippen LogP contribution >= 0.6 is 0 Å². The topological polar surface area (TPSA) is 41.1 Å². The number of fused-ring (bicyclic) bond motifs is 4. The molecule has 0 saturated carbocycles. The summed E-state index contributed by atoms with van der Waals surface area (Å²) in [5.74, 6) is 8.56. The Balaban J connectivity index is 1.26. The lowest BCUT2D eigenvalue weighted by Crippen LogP contribution is -2.24. The Kier molecular flexibility index (Phi) is 4.77. The highest BCUT2D eigenvalue weighted by Gasteiger charge is 2.38. The van der Waals surface area contributed by atoms with E-state index in [1.807, 2.05) is 54.6 Å². The molecule has 5 aromatic rings. The summed E-state index contributed by atoms with van der Waals surface area (Å²) in [5.41, 5.74) is 9.74. The van der Waals surface area contributed by atoms with Gasteiger partial charge in [0, 0.05) is 27.8 Å². The highest BCUT2D eigenvalue weighted by atomic mass is 15.2. The number of anilines is 2. The zero-order chi connectivity index (χ0) is 25.8. The molecule has 1 unspecified atom stereocenters. The number of aromatic nitrogens is 2. The van der Waals surface area contributed by atoms with Gasteiger partial charge in [0.05, 0.1) is 22.5 Å². The minimum atomic E-state index is 0.0375. The van der Waals surface area contributed by atoms with Crippen LogP contribution in [-0.4, -0.2) is 14.9 Å². The number of rotatable bonds is 4. The molecule has 39 heavy (non-hydrogen) atoms. The molecule has 4 heteroatoms. The van der Waals surface area contributed by atoms with Crippen LogP contribution in [0.1, 0.15) is 22.7 Å². The fourth-order valence-electron chi connectivity index (χ4n) is 5.71. The molecule has 3 aliphatic heterocycles. The Morgan fingerprint density at radius 2 is 1.51 bits per heavy atom. The SMILES string of the molecule is C1#CC2c3ccccc3C3=CC=CC(=C1c1ccccc1Nc1nc(-c4ccccc4)nc4ccccc14)N32. The van der Waals surface area contributed by atoms with E-state index >= 15 is 0 Å². The van der Waals surface area contributed by atoms with Crippen molar-refractivity contribution in [3.8, 4) is 23.2 Å². The largest absolute Gasteiger partial charge is 0.339 e. The second-order valence-electron chi connectivity index (χ2n) is 9.75. The van der Waals surface area contributed by atoms with Gasteiger partial charge < -0.3 is 10.2 Å². The Bertz CT molecular complexity index is 1950. The summed E-state index contributed by atoms with van der Waals surface area (Å²) in [7, 11) is 0. The monoisotopic (exact) mass is 498 g/mol. The molecule has 1 aromatic heterocycles. The molecule has 4 aromatic carbocycles. The summed E-state index contributed by atoms with van der Waals surface area (Å²) < 4.78 is 0. The van der Waals surface area contributed by atoms with E-state index in [1.165, 1.54) is 16.8 Å². The normalized spacial score (nSPS) is 16.4. The van der Waals surface area contributed by atoms with E-state index in [0.29, 0.717) is 5.82 Å². The first kappa shape index (κ1) is 21.7. The third-order valence-electron chi connectivity index (χ3n) is 7.49. The van der Waals surface area contributed by atoms with E-state index in [0.717, 1.165) is 44.8 Å². The lowest BCUT2D eigenvalue weighted by Gasteiger charge is -2.32. The Hall–Kier alpha value is -5.40. The van der Waals surface area contributed by atoms with Crippen molar-refractivity contribution >= 4 is 33.7 Å². The first-order valence-electron chi connectivity index (χ1n) is 13.1. The molecule has 4 heterocycles. The van der Waals surface area contributed by atoms with Gasteiger partial charge in [-0.1, -0.05) is 103 Å². The Morgan fingerprint density at radius 1 is 0.744 bits per heavy atom. The van der Waals surface area contributed by atoms with Crippen LogP contribution in [0.25, 0.3) is 33.6 Å². The second-order valence-corrected chi connectivity index (χ2v) is 9.75. The molecule has 0 amide bonds. The van der Waals surface area contributed by atoms with Crippen LogP contribution in [0.2, 0.25) is 0 Å². The predicted octanol–water partition coefficient (Wildman–Crippen LogP) is 7.74. The fourth-order valence-corrected chi connectivity index (χ4v) is 5.71. The van der Waals surface area contributed by atoms with Crippen LogP contribution in [0.5, 0.6) is 0 Å². The van der Waals surface area contributed by atoms with E-state index < -0.39 is 0 Å². The van der Waals surface area contributed by atoms with Gasteiger partial charge in [0.25, 0.3) is 0 Å². The van der Waals surface area contributed by atoms with E-state index in [2.05, 4.69) is 88.8 Å². The first-order valence-corrected chi connectivity index (χ1v) is 13.1. The number of hydrogen-bond donors (Lipinski definition) is 1. The maximum absolute atomic E-state index is 4.99. The quantitative estimate of drug-likeness (QED) is 0.257. The van der Waals surface area contributed by atoms with E-state index in [9.17, 15) is 0 Å². The molecule has 0 fully saturated rings. The van der Waals surface area contributed by atoms with Crippen molar-refractivity contribution in [2.75, 3.05) is 5.32 Å². The average molecular weight is 499 g/mol. The highest BCUT2D eigenvalue weighted by Crippen LogP contribution is 2.49. The first-order chi connectivity index (χ1) is 19.3. The van der Waals surface area contributed by atoms with Crippen LogP contribution in [0.15, 0.2) is 127 Å². The third kappa shape index (κ3) is 3.41. The van der Waals surface area contributed by atoms with Crippen LogP contribution in [-0.2, 0) is 0 Å². The molecule has 1 N–H and O–H groups in total. The van der Waals surface area contributed by atoms with Gasteiger partial charge in [-0.2, -0.15) is 0 Å². The van der Waals surface area contributed by atoms with Crippen LogP contribution < -0.4 is 5.32 Å². The fraction of sp³-hybridized carbons (Fsp3) is 0.0286. The summed E-state index contributed by atoms with van der Waals surface area (Å²) in [6.45, 7) is 0. The molecule has 0 aliphatic carbocycles. The molecule has 0 bridgehead atoms. The molecule has 3 aliphatic rings.